The molecule has 2 aromatic carbocycles. The summed E-state index contributed by atoms with van der Waals surface area (Å²) in [6.45, 7) is 0. The zero-order chi connectivity index (χ0) is 17.3. The topological polar surface area (TPSA) is 69.4 Å². The van der Waals surface area contributed by atoms with E-state index in [1.807, 2.05) is 6.07 Å². The third kappa shape index (κ3) is 3.03. The van der Waals surface area contributed by atoms with Gasteiger partial charge in [0.15, 0.2) is 5.78 Å². The van der Waals surface area contributed by atoms with Gasteiger partial charge in [-0.25, -0.2) is 0 Å². The van der Waals surface area contributed by atoms with Gasteiger partial charge in [-0.3, -0.25) is 14.9 Å². The summed E-state index contributed by atoms with van der Waals surface area (Å²) in [5.74, 6) is 0.666. The first-order valence-corrected chi connectivity index (χ1v) is 7.73. The standard InChI is InChI=1S/C18H14ClNO4/c1-24-14-5-6-15-12(10-14)3-4-13(18(15)21)8-11-2-7-16(19)17(9-11)20(22)23/h2,5-10H,3-4H2,1H3. The van der Waals surface area contributed by atoms with Crippen LogP contribution in [0.2, 0.25) is 5.02 Å². The number of nitro groups is 1. The fourth-order valence-corrected chi connectivity index (χ4v) is 2.97. The van der Waals surface area contributed by atoms with E-state index in [0.29, 0.717) is 23.1 Å². The number of rotatable bonds is 3. The average Bonchev–Trinajstić information content (AvgIpc) is 2.58. The molecule has 0 spiro atoms. The van der Waals surface area contributed by atoms with E-state index in [1.165, 1.54) is 12.1 Å². The maximum atomic E-state index is 12.6. The molecule has 0 unspecified atom stereocenters. The van der Waals surface area contributed by atoms with Gasteiger partial charge in [-0.2, -0.15) is 0 Å². The minimum absolute atomic E-state index is 0.0588. The van der Waals surface area contributed by atoms with Gasteiger partial charge < -0.3 is 4.74 Å². The smallest absolute Gasteiger partial charge is 0.288 e. The maximum absolute atomic E-state index is 12.6. The molecule has 0 N–H and O–H groups in total. The molecule has 0 aliphatic heterocycles. The lowest BCUT2D eigenvalue weighted by molar-refractivity contribution is -0.384. The fourth-order valence-electron chi connectivity index (χ4n) is 2.78. The second-order valence-electron chi connectivity index (χ2n) is 5.49. The molecule has 0 amide bonds. The summed E-state index contributed by atoms with van der Waals surface area (Å²) in [6.07, 6.45) is 2.99. The van der Waals surface area contributed by atoms with Gasteiger partial charge in [0, 0.05) is 17.2 Å². The Morgan fingerprint density at radius 2 is 2.00 bits per heavy atom. The molecule has 0 saturated heterocycles. The van der Waals surface area contributed by atoms with E-state index in [2.05, 4.69) is 0 Å². The number of allylic oxidation sites excluding steroid dienone is 1. The first-order chi connectivity index (χ1) is 11.5. The van der Waals surface area contributed by atoms with Crippen molar-refractivity contribution in [2.75, 3.05) is 7.11 Å². The Morgan fingerprint density at radius 1 is 1.21 bits per heavy atom. The number of carbonyl (C=O) groups excluding carboxylic acids is 1. The average molecular weight is 344 g/mol. The number of ether oxygens (including phenoxy) is 1. The van der Waals surface area contributed by atoms with E-state index in [-0.39, 0.29) is 16.5 Å². The van der Waals surface area contributed by atoms with Gasteiger partial charge in [0.2, 0.25) is 0 Å². The molecule has 1 aliphatic rings. The van der Waals surface area contributed by atoms with Crippen molar-refractivity contribution in [3.8, 4) is 5.75 Å². The number of methoxy groups -OCH3 is 1. The van der Waals surface area contributed by atoms with E-state index in [0.717, 1.165) is 17.7 Å². The highest BCUT2D eigenvalue weighted by Crippen LogP contribution is 2.31. The quantitative estimate of drug-likeness (QED) is 0.468. The minimum Gasteiger partial charge on any atom is -0.497 e. The Labute approximate surface area is 143 Å². The van der Waals surface area contributed by atoms with Crippen molar-refractivity contribution in [3.05, 3.63) is 73.8 Å². The largest absolute Gasteiger partial charge is 0.497 e. The number of benzene rings is 2. The predicted octanol–water partition coefficient (Wildman–Crippen LogP) is 4.47. The highest BCUT2D eigenvalue weighted by Gasteiger charge is 2.22. The predicted molar refractivity (Wildman–Crippen MR) is 91.7 cm³/mol. The molecular weight excluding hydrogens is 330 g/mol. The van der Waals surface area contributed by atoms with Crippen LogP contribution in [0, 0.1) is 10.1 Å². The Hall–Kier alpha value is -2.66. The van der Waals surface area contributed by atoms with Crippen LogP contribution in [0.4, 0.5) is 5.69 Å². The minimum atomic E-state index is -0.533. The lowest BCUT2D eigenvalue weighted by atomic mass is 9.86. The number of aryl methyl sites for hydroxylation is 1. The highest BCUT2D eigenvalue weighted by molar-refractivity contribution is 6.32. The van der Waals surface area contributed by atoms with Crippen LogP contribution in [0.25, 0.3) is 6.08 Å². The summed E-state index contributed by atoms with van der Waals surface area (Å²) < 4.78 is 5.18. The molecular formula is C18H14ClNO4. The van der Waals surface area contributed by atoms with Crippen LogP contribution in [0.3, 0.4) is 0 Å². The zero-order valence-corrected chi connectivity index (χ0v) is 13.7. The van der Waals surface area contributed by atoms with Crippen molar-refractivity contribution in [1.29, 1.82) is 0 Å². The lowest BCUT2D eigenvalue weighted by Crippen LogP contribution is -2.14. The third-order valence-electron chi connectivity index (χ3n) is 4.02. The lowest BCUT2D eigenvalue weighted by Gasteiger charge is -2.18. The van der Waals surface area contributed by atoms with Gasteiger partial charge in [0.25, 0.3) is 5.69 Å². The highest BCUT2D eigenvalue weighted by atomic mass is 35.5. The molecule has 0 atom stereocenters. The number of nitrogens with zero attached hydrogens (tertiary/aromatic N) is 1. The summed E-state index contributed by atoms with van der Waals surface area (Å²) in [6, 6.07) is 9.90. The first-order valence-electron chi connectivity index (χ1n) is 7.35. The molecule has 0 fully saturated rings. The van der Waals surface area contributed by atoms with Crippen molar-refractivity contribution in [1.82, 2.24) is 0 Å². The Balaban J connectivity index is 1.96. The van der Waals surface area contributed by atoms with Crippen molar-refractivity contribution < 1.29 is 14.5 Å². The Bertz CT molecular complexity index is 873. The van der Waals surface area contributed by atoms with Crippen LogP contribution in [-0.4, -0.2) is 17.8 Å². The number of hydrogen-bond acceptors (Lipinski definition) is 4. The fraction of sp³-hybridized carbons (Fsp3) is 0.167. The SMILES string of the molecule is COc1ccc2c(c1)CCC(=Cc1ccc(Cl)c([N+](=O)[O-])c1)C2=O. The molecule has 0 saturated carbocycles. The van der Waals surface area contributed by atoms with Gasteiger partial charge >= 0.3 is 0 Å². The van der Waals surface area contributed by atoms with Gasteiger partial charge in [-0.1, -0.05) is 17.7 Å². The number of hydrogen-bond donors (Lipinski definition) is 0. The normalized spacial score (nSPS) is 15.2. The van der Waals surface area contributed by atoms with Gasteiger partial charge in [0.1, 0.15) is 10.8 Å². The second kappa shape index (κ2) is 6.45. The number of halogens is 1. The number of nitro benzene ring substituents is 1. The van der Waals surface area contributed by atoms with E-state index in [9.17, 15) is 14.9 Å². The van der Waals surface area contributed by atoms with Crippen LogP contribution in [0.15, 0.2) is 42.0 Å². The summed E-state index contributed by atoms with van der Waals surface area (Å²) >= 11 is 5.82. The maximum Gasteiger partial charge on any atom is 0.288 e. The Kier molecular flexibility index (Phi) is 4.36. The number of ketones is 1. The Morgan fingerprint density at radius 3 is 2.71 bits per heavy atom. The molecule has 6 heteroatoms. The summed E-state index contributed by atoms with van der Waals surface area (Å²) in [4.78, 5) is 23.1. The van der Waals surface area contributed by atoms with Crippen LogP contribution in [-0.2, 0) is 6.42 Å². The monoisotopic (exact) mass is 343 g/mol. The van der Waals surface area contributed by atoms with Crippen molar-refractivity contribution in [2.45, 2.75) is 12.8 Å². The molecule has 0 heterocycles. The van der Waals surface area contributed by atoms with Crippen LogP contribution < -0.4 is 4.74 Å². The molecule has 24 heavy (non-hydrogen) atoms. The molecule has 0 radical (unpaired) electrons. The number of Topliss-reactive ketones (excluding diaryl/α,β-unsaturated/α-hetero) is 1. The summed E-state index contributed by atoms with van der Waals surface area (Å²) in [5, 5.41) is 11.1. The van der Waals surface area contributed by atoms with Crippen LogP contribution in [0.1, 0.15) is 27.9 Å². The van der Waals surface area contributed by atoms with Crippen LogP contribution >= 0.6 is 11.6 Å². The third-order valence-corrected chi connectivity index (χ3v) is 4.34. The van der Waals surface area contributed by atoms with E-state index in [4.69, 9.17) is 16.3 Å². The second-order valence-corrected chi connectivity index (χ2v) is 5.90. The zero-order valence-electron chi connectivity index (χ0n) is 12.9. The molecule has 0 bridgehead atoms. The molecule has 122 valence electrons. The first kappa shape index (κ1) is 16.2. The molecule has 0 aromatic heterocycles. The molecule has 5 nitrogen and oxygen atoms in total. The van der Waals surface area contributed by atoms with Crippen molar-refractivity contribution in [2.24, 2.45) is 0 Å². The van der Waals surface area contributed by atoms with E-state index >= 15 is 0 Å². The van der Waals surface area contributed by atoms with Gasteiger partial charge in [0.05, 0.1) is 12.0 Å². The van der Waals surface area contributed by atoms with Gasteiger partial charge in [-0.05, 0) is 54.3 Å². The molecule has 1 aliphatic carbocycles. The molecule has 2 aromatic rings. The van der Waals surface area contributed by atoms with E-state index < -0.39 is 4.92 Å². The van der Waals surface area contributed by atoms with Crippen molar-refractivity contribution in [3.63, 3.8) is 0 Å². The van der Waals surface area contributed by atoms with Crippen LogP contribution in [0.5, 0.6) is 5.75 Å². The number of fused-ring (bicyclic) bond motifs is 1. The number of carbonyl (C=O) groups is 1. The van der Waals surface area contributed by atoms with Gasteiger partial charge in [-0.15, -0.1) is 0 Å². The van der Waals surface area contributed by atoms with E-state index in [1.54, 1.807) is 31.4 Å². The molecule has 3 rings (SSSR count). The van der Waals surface area contributed by atoms with Crippen molar-refractivity contribution >= 4 is 29.1 Å². The summed E-state index contributed by atoms with van der Waals surface area (Å²) in [7, 11) is 1.59. The summed E-state index contributed by atoms with van der Waals surface area (Å²) in [5.41, 5.74) is 2.66.